The molecule has 16 heavy (non-hydrogen) atoms. The van der Waals surface area contributed by atoms with Gasteiger partial charge in [0.2, 0.25) is 0 Å². The zero-order valence-electron chi connectivity index (χ0n) is 8.94. The molecule has 0 aliphatic rings. The van der Waals surface area contributed by atoms with Gasteiger partial charge in [0.15, 0.2) is 5.96 Å². The summed E-state index contributed by atoms with van der Waals surface area (Å²) in [5.74, 6) is 1.20. The van der Waals surface area contributed by atoms with Crippen LogP contribution in [-0.2, 0) is 0 Å². The molecule has 0 fully saturated rings. The van der Waals surface area contributed by atoms with E-state index in [1.54, 1.807) is 19.2 Å². The Bertz CT molecular complexity index is 329. The molecule has 1 aromatic rings. The summed E-state index contributed by atoms with van der Waals surface area (Å²) in [6, 6.07) is 7.21. The van der Waals surface area contributed by atoms with E-state index in [4.69, 9.17) is 22.1 Å². The van der Waals surface area contributed by atoms with E-state index < -0.39 is 0 Å². The first-order chi connectivity index (χ1) is 7.22. The van der Waals surface area contributed by atoms with Crippen LogP contribution >= 0.6 is 35.6 Å². The molecule has 0 amide bonds. The summed E-state index contributed by atoms with van der Waals surface area (Å²) < 4.78 is 5.42. The van der Waals surface area contributed by atoms with Crippen molar-refractivity contribution < 1.29 is 4.74 Å². The lowest BCUT2D eigenvalue weighted by atomic mass is 10.3. The summed E-state index contributed by atoms with van der Waals surface area (Å²) in [6.07, 6.45) is 0. The summed E-state index contributed by atoms with van der Waals surface area (Å²) in [5, 5.41) is 3.59. The quantitative estimate of drug-likeness (QED) is 0.375. The van der Waals surface area contributed by atoms with E-state index >= 15 is 0 Å². The first-order valence-corrected chi connectivity index (χ1v) is 4.94. The number of hydrogen-bond donors (Lipinski definition) is 2. The Morgan fingerprint density at radius 3 is 2.62 bits per heavy atom. The van der Waals surface area contributed by atoms with Crippen molar-refractivity contribution in [1.82, 2.24) is 5.32 Å². The standard InChI is InChI=1S/C10H14ClN3O.HI/c1-13-10(12)14-6-7-15-9-4-2-8(11)3-5-9;/h2-5H,6-7H2,1H3,(H3,12,13,14);1H. The maximum Gasteiger partial charge on any atom is 0.188 e. The fourth-order valence-electron chi connectivity index (χ4n) is 0.958. The number of hydrogen-bond acceptors (Lipinski definition) is 2. The molecule has 6 heteroatoms. The molecule has 0 saturated heterocycles. The topological polar surface area (TPSA) is 59.6 Å². The zero-order valence-corrected chi connectivity index (χ0v) is 12.0. The lowest BCUT2D eigenvalue weighted by Gasteiger charge is -2.07. The Morgan fingerprint density at radius 2 is 2.06 bits per heavy atom. The van der Waals surface area contributed by atoms with Crippen LogP contribution in [0.3, 0.4) is 0 Å². The van der Waals surface area contributed by atoms with Crippen LogP contribution in [0.1, 0.15) is 0 Å². The predicted octanol–water partition coefficient (Wildman–Crippen LogP) is 1.87. The molecule has 90 valence electrons. The minimum atomic E-state index is 0. The molecule has 1 aromatic carbocycles. The van der Waals surface area contributed by atoms with E-state index in [0.29, 0.717) is 24.1 Å². The van der Waals surface area contributed by atoms with Gasteiger partial charge in [-0.25, -0.2) is 0 Å². The monoisotopic (exact) mass is 355 g/mol. The van der Waals surface area contributed by atoms with Crippen molar-refractivity contribution >= 4 is 41.5 Å². The lowest BCUT2D eigenvalue weighted by molar-refractivity contribution is 0.322. The maximum absolute atomic E-state index is 5.73. The predicted molar refractivity (Wildman–Crippen MR) is 77.9 cm³/mol. The van der Waals surface area contributed by atoms with Gasteiger partial charge in [-0.15, -0.1) is 24.0 Å². The smallest absolute Gasteiger partial charge is 0.188 e. The van der Waals surface area contributed by atoms with Crippen LogP contribution in [-0.4, -0.2) is 26.2 Å². The van der Waals surface area contributed by atoms with Crippen LogP contribution in [0.2, 0.25) is 5.02 Å². The molecular formula is C10H15ClIN3O. The van der Waals surface area contributed by atoms with Gasteiger partial charge in [-0.3, -0.25) is 4.99 Å². The number of nitrogens with one attached hydrogen (secondary N) is 1. The van der Waals surface area contributed by atoms with Gasteiger partial charge < -0.3 is 15.8 Å². The highest BCUT2D eigenvalue weighted by Crippen LogP contribution is 2.14. The summed E-state index contributed by atoms with van der Waals surface area (Å²) >= 11 is 5.73. The molecule has 4 nitrogen and oxygen atoms in total. The van der Waals surface area contributed by atoms with E-state index in [9.17, 15) is 0 Å². The molecule has 0 aliphatic heterocycles. The largest absolute Gasteiger partial charge is 0.492 e. The van der Waals surface area contributed by atoms with Crippen molar-refractivity contribution in [3.63, 3.8) is 0 Å². The normalized spacial score (nSPS) is 10.5. The summed E-state index contributed by atoms with van der Waals surface area (Å²) in [5.41, 5.74) is 5.44. The molecule has 0 spiro atoms. The van der Waals surface area contributed by atoms with Crippen LogP contribution in [0.25, 0.3) is 0 Å². The fourth-order valence-corrected chi connectivity index (χ4v) is 1.08. The molecule has 3 N–H and O–H groups in total. The number of benzene rings is 1. The number of halogens is 2. The van der Waals surface area contributed by atoms with Gasteiger partial charge in [0, 0.05) is 12.1 Å². The first kappa shape index (κ1) is 15.3. The van der Waals surface area contributed by atoms with Gasteiger partial charge in [0.05, 0.1) is 6.54 Å². The minimum Gasteiger partial charge on any atom is -0.492 e. The van der Waals surface area contributed by atoms with Crippen LogP contribution in [0.5, 0.6) is 5.75 Å². The molecule has 1 rings (SSSR count). The highest BCUT2D eigenvalue weighted by atomic mass is 127. The van der Waals surface area contributed by atoms with Crippen molar-refractivity contribution in [2.45, 2.75) is 0 Å². The first-order valence-electron chi connectivity index (χ1n) is 4.57. The molecule has 0 bridgehead atoms. The molecular weight excluding hydrogens is 340 g/mol. The van der Waals surface area contributed by atoms with E-state index in [0.717, 1.165) is 5.75 Å². The van der Waals surface area contributed by atoms with Crippen LogP contribution in [0, 0.1) is 0 Å². The van der Waals surface area contributed by atoms with Gasteiger partial charge in [0.1, 0.15) is 12.4 Å². The highest BCUT2D eigenvalue weighted by molar-refractivity contribution is 14.0. The Kier molecular flexibility index (Phi) is 8.10. The number of nitrogens with zero attached hydrogens (tertiary/aromatic N) is 1. The molecule has 0 aromatic heterocycles. The van der Waals surface area contributed by atoms with Crippen molar-refractivity contribution in [1.29, 1.82) is 0 Å². The third kappa shape index (κ3) is 6.02. The highest BCUT2D eigenvalue weighted by Gasteiger charge is 1.93. The third-order valence-electron chi connectivity index (χ3n) is 1.73. The summed E-state index contributed by atoms with van der Waals surface area (Å²) in [4.78, 5) is 3.75. The van der Waals surface area contributed by atoms with Crippen LogP contribution < -0.4 is 15.8 Å². The van der Waals surface area contributed by atoms with Gasteiger partial charge in [-0.2, -0.15) is 0 Å². The molecule has 0 heterocycles. The van der Waals surface area contributed by atoms with Gasteiger partial charge in [0.25, 0.3) is 0 Å². The molecule has 0 saturated carbocycles. The van der Waals surface area contributed by atoms with Crippen molar-refractivity contribution in [3.05, 3.63) is 29.3 Å². The number of guanidine groups is 1. The maximum atomic E-state index is 5.73. The number of ether oxygens (including phenoxy) is 1. The van der Waals surface area contributed by atoms with E-state index in [-0.39, 0.29) is 24.0 Å². The number of rotatable bonds is 4. The molecule has 0 atom stereocenters. The van der Waals surface area contributed by atoms with Crippen LogP contribution in [0.15, 0.2) is 29.3 Å². The number of aliphatic imine (C=N–C) groups is 1. The second-order valence-corrected chi connectivity index (χ2v) is 3.27. The Balaban J connectivity index is 0.00000225. The zero-order chi connectivity index (χ0) is 11.1. The summed E-state index contributed by atoms with van der Waals surface area (Å²) in [6.45, 7) is 1.14. The minimum absolute atomic E-state index is 0. The van der Waals surface area contributed by atoms with Crippen molar-refractivity contribution in [2.24, 2.45) is 10.7 Å². The second-order valence-electron chi connectivity index (χ2n) is 2.84. The number of nitrogens with two attached hydrogens (primary N) is 1. The van der Waals surface area contributed by atoms with Crippen molar-refractivity contribution in [2.75, 3.05) is 20.2 Å². The average molecular weight is 356 g/mol. The van der Waals surface area contributed by atoms with E-state index in [1.165, 1.54) is 0 Å². The van der Waals surface area contributed by atoms with Gasteiger partial charge in [-0.05, 0) is 24.3 Å². The molecule has 0 unspecified atom stereocenters. The third-order valence-corrected chi connectivity index (χ3v) is 1.98. The van der Waals surface area contributed by atoms with Gasteiger partial charge in [-0.1, -0.05) is 11.6 Å². The summed E-state index contributed by atoms with van der Waals surface area (Å²) in [7, 11) is 1.63. The Labute approximate surface area is 117 Å². The van der Waals surface area contributed by atoms with Gasteiger partial charge >= 0.3 is 0 Å². The molecule has 0 aliphatic carbocycles. The fraction of sp³-hybridized carbons (Fsp3) is 0.300. The van der Waals surface area contributed by atoms with Crippen LogP contribution in [0.4, 0.5) is 0 Å². The SMILES string of the molecule is CN=C(N)NCCOc1ccc(Cl)cc1.I. The van der Waals surface area contributed by atoms with E-state index in [2.05, 4.69) is 10.3 Å². The Morgan fingerprint density at radius 1 is 1.44 bits per heavy atom. The lowest BCUT2D eigenvalue weighted by Crippen LogP contribution is -2.34. The molecule has 0 radical (unpaired) electrons. The second kappa shape index (κ2) is 8.46. The van der Waals surface area contributed by atoms with Crippen molar-refractivity contribution in [3.8, 4) is 5.75 Å². The van der Waals surface area contributed by atoms with E-state index in [1.807, 2.05) is 12.1 Å². The average Bonchev–Trinajstić information content (AvgIpc) is 2.26. The Hall–Kier alpha value is -0.690.